The number of aromatic nitrogens is 10. The molecule has 8 heterocycles. The average Bonchev–Trinajstić information content (AvgIpc) is 3.94. The van der Waals surface area contributed by atoms with Crippen molar-refractivity contribution in [2.45, 2.75) is 13.8 Å². The second kappa shape index (κ2) is 14.7. The second-order valence-corrected chi connectivity index (χ2v) is 15.9. The number of rotatable bonds is 2. The third kappa shape index (κ3) is 7.46. The first-order valence-electron chi connectivity index (χ1n) is 14.6. The molecule has 4 N–H and O–H groups in total. The summed E-state index contributed by atoms with van der Waals surface area (Å²) in [5.41, 5.74) is 7.62. The second-order valence-electron chi connectivity index (χ2n) is 10.5. The summed E-state index contributed by atoms with van der Waals surface area (Å²) < 4.78 is 19.2. The summed E-state index contributed by atoms with van der Waals surface area (Å²) in [6, 6.07) is 15.7. The molecule has 2 aromatic carbocycles. The van der Waals surface area contributed by atoms with E-state index < -0.39 is 0 Å². The van der Waals surface area contributed by atoms with E-state index in [2.05, 4.69) is 59.5 Å². The fraction of sp³-hybridized carbons (Fsp3) is 0.133. The summed E-state index contributed by atoms with van der Waals surface area (Å²) in [6.45, 7) is 4.02. The van der Waals surface area contributed by atoms with Crippen molar-refractivity contribution in [1.29, 1.82) is 0 Å². The van der Waals surface area contributed by atoms with Gasteiger partial charge in [0, 0.05) is 26.5 Å². The van der Waals surface area contributed by atoms with Gasteiger partial charge in [0.1, 0.15) is 48.3 Å². The highest BCUT2D eigenvalue weighted by Gasteiger charge is 2.09. The van der Waals surface area contributed by atoms with Gasteiger partial charge in [0.15, 0.2) is 0 Å². The monoisotopic (exact) mass is 774 g/mol. The minimum absolute atomic E-state index is 0.781. The largest absolute Gasteiger partial charge is 0.289 e. The van der Waals surface area contributed by atoms with Gasteiger partial charge in [-0.15, -0.1) is 22.7 Å². The van der Waals surface area contributed by atoms with E-state index in [0.717, 1.165) is 74.1 Å². The Bertz CT molecular complexity index is 2490. The SMILES string of the molecule is CN(N)c1nc2cccnc2s1.CN(N)c1nc2cccnc2s1.Cc1nc2c(ccc3nsnc32)s1.Cc1nc2cc3nsnc3cc2s1. The molecule has 0 fully saturated rings. The van der Waals surface area contributed by atoms with Crippen molar-refractivity contribution in [2.75, 3.05) is 24.1 Å². The zero-order valence-electron chi connectivity index (χ0n) is 26.7. The Labute approximate surface area is 308 Å². The Kier molecular flexibility index (Phi) is 10.0. The molecule has 0 saturated carbocycles. The molecule has 14 nitrogen and oxygen atoms in total. The first-order valence-corrected chi connectivity index (χ1v) is 19.3. The van der Waals surface area contributed by atoms with Crippen molar-refractivity contribution in [3.63, 3.8) is 0 Å². The Morgan fingerprint density at radius 2 is 1.08 bits per heavy atom. The molecule has 20 heteroatoms. The van der Waals surface area contributed by atoms with Crippen LogP contribution in [-0.2, 0) is 0 Å². The molecule has 50 heavy (non-hydrogen) atoms. The lowest BCUT2D eigenvalue weighted by Gasteiger charge is -2.04. The number of fused-ring (bicyclic) bond motifs is 7. The summed E-state index contributed by atoms with van der Waals surface area (Å²) in [4.78, 5) is 27.5. The Hall–Kier alpha value is -4.54. The van der Waals surface area contributed by atoms with Crippen molar-refractivity contribution >= 4 is 142 Å². The van der Waals surface area contributed by atoms with Crippen molar-refractivity contribution in [1.82, 2.24) is 47.4 Å². The molecule has 0 spiro atoms. The summed E-state index contributed by atoms with van der Waals surface area (Å²) in [5, 5.41) is 6.72. The first kappa shape index (κ1) is 33.9. The third-order valence-electron chi connectivity index (χ3n) is 6.67. The average molecular weight is 775 g/mol. The normalized spacial score (nSPS) is 11.0. The van der Waals surface area contributed by atoms with E-state index in [9.17, 15) is 0 Å². The molecular formula is C30H26N14S6. The first-order chi connectivity index (χ1) is 24.2. The fourth-order valence-corrected chi connectivity index (χ4v) is 8.79. The van der Waals surface area contributed by atoms with Crippen LogP contribution in [0.15, 0.2) is 60.9 Å². The van der Waals surface area contributed by atoms with Crippen LogP contribution in [0.5, 0.6) is 0 Å². The van der Waals surface area contributed by atoms with Gasteiger partial charge in [-0.3, -0.25) is 10.0 Å². The van der Waals surface area contributed by atoms with Gasteiger partial charge in [0.05, 0.1) is 48.4 Å². The quantitative estimate of drug-likeness (QED) is 0.132. The van der Waals surface area contributed by atoms with Crippen LogP contribution >= 0.6 is 68.8 Å². The van der Waals surface area contributed by atoms with Gasteiger partial charge < -0.3 is 0 Å². The molecule has 252 valence electrons. The lowest BCUT2D eigenvalue weighted by Crippen LogP contribution is -2.24. The van der Waals surface area contributed by atoms with Crippen LogP contribution < -0.4 is 21.7 Å². The summed E-state index contributed by atoms with van der Waals surface area (Å²) >= 11 is 8.85. The topological polar surface area (TPSA) is 187 Å². The lowest BCUT2D eigenvalue weighted by molar-refractivity contribution is 1.01. The molecule has 10 aromatic rings. The number of benzene rings is 2. The lowest BCUT2D eigenvalue weighted by atomic mass is 10.3. The number of nitrogens with zero attached hydrogens (tertiary/aromatic N) is 12. The number of anilines is 2. The van der Waals surface area contributed by atoms with Gasteiger partial charge in [-0.25, -0.2) is 41.6 Å². The molecular weight excluding hydrogens is 749 g/mol. The number of nitrogens with two attached hydrogens (primary N) is 2. The molecule has 0 saturated heterocycles. The number of thiazole rings is 4. The van der Waals surface area contributed by atoms with E-state index in [4.69, 9.17) is 11.7 Å². The summed E-state index contributed by atoms with van der Waals surface area (Å²) in [5.74, 6) is 11.1. The molecule has 10 rings (SSSR count). The Morgan fingerprint density at radius 3 is 1.70 bits per heavy atom. The Balaban J connectivity index is 0.000000105. The van der Waals surface area contributed by atoms with Crippen LogP contribution in [0.3, 0.4) is 0 Å². The van der Waals surface area contributed by atoms with Crippen molar-refractivity contribution in [3.8, 4) is 0 Å². The highest BCUT2D eigenvalue weighted by Crippen LogP contribution is 2.28. The molecule has 0 bridgehead atoms. The van der Waals surface area contributed by atoms with Gasteiger partial charge in [-0.05, 0) is 62.4 Å². The zero-order valence-corrected chi connectivity index (χ0v) is 31.6. The van der Waals surface area contributed by atoms with Crippen LogP contribution in [-0.4, -0.2) is 61.5 Å². The van der Waals surface area contributed by atoms with Gasteiger partial charge in [0.2, 0.25) is 10.3 Å². The van der Waals surface area contributed by atoms with Gasteiger partial charge >= 0.3 is 0 Å². The van der Waals surface area contributed by atoms with E-state index in [1.807, 2.05) is 50.2 Å². The summed E-state index contributed by atoms with van der Waals surface area (Å²) in [6.07, 6.45) is 3.50. The van der Waals surface area contributed by atoms with E-state index in [-0.39, 0.29) is 0 Å². The maximum Gasteiger partial charge on any atom is 0.202 e. The predicted octanol–water partition coefficient (Wildman–Crippen LogP) is 7.22. The molecule has 0 aliphatic carbocycles. The minimum atomic E-state index is 0.781. The number of hydrazine groups is 2. The molecule has 0 aliphatic heterocycles. The minimum Gasteiger partial charge on any atom is -0.289 e. The zero-order chi connectivity index (χ0) is 34.8. The molecule has 0 amide bonds. The van der Waals surface area contributed by atoms with Gasteiger partial charge in [0.25, 0.3) is 0 Å². The molecule has 0 atom stereocenters. The third-order valence-corrected chi connectivity index (χ3v) is 11.8. The maximum atomic E-state index is 5.53. The summed E-state index contributed by atoms with van der Waals surface area (Å²) in [7, 11) is 3.52. The van der Waals surface area contributed by atoms with Crippen LogP contribution in [0.4, 0.5) is 10.3 Å². The number of pyridine rings is 2. The standard InChI is InChI=1S/2C8H5N3S2.2C7H8N4S/c1-4-9-7-2-5-6(11-13-10-5)3-8(7)12-4;1-4-9-8-6(12-4)3-2-5-7(8)11-13-10-5;2*1-11(8)7-10-5-3-2-4-9-6(5)12-7/h2*2-3H,1H3;2*2-4H,8H2,1H3. The van der Waals surface area contributed by atoms with Crippen LogP contribution in [0.1, 0.15) is 10.0 Å². The van der Waals surface area contributed by atoms with Gasteiger partial charge in [-0.2, -0.15) is 17.5 Å². The van der Waals surface area contributed by atoms with E-state index >= 15 is 0 Å². The highest BCUT2D eigenvalue weighted by molar-refractivity contribution is 7.22. The predicted molar refractivity (Wildman–Crippen MR) is 211 cm³/mol. The fourth-order valence-electron chi connectivity index (χ4n) is 4.49. The number of aryl methyl sites for hydroxylation is 2. The van der Waals surface area contributed by atoms with E-state index in [1.165, 1.54) is 65.5 Å². The van der Waals surface area contributed by atoms with Crippen LogP contribution in [0.2, 0.25) is 0 Å². The maximum absolute atomic E-state index is 5.53. The van der Waals surface area contributed by atoms with Crippen molar-refractivity contribution in [3.05, 3.63) is 70.9 Å². The Morgan fingerprint density at radius 1 is 0.520 bits per heavy atom. The number of hydrogen-bond donors (Lipinski definition) is 2. The molecule has 8 aromatic heterocycles. The van der Waals surface area contributed by atoms with Crippen molar-refractivity contribution < 1.29 is 0 Å². The smallest absolute Gasteiger partial charge is 0.202 e. The molecule has 0 unspecified atom stereocenters. The van der Waals surface area contributed by atoms with Crippen LogP contribution in [0.25, 0.3) is 63.2 Å². The van der Waals surface area contributed by atoms with Crippen molar-refractivity contribution in [2.24, 2.45) is 11.7 Å². The molecule has 0 radical (unpaired) electrons. The highest BCUT2D eigenvalue weighted by atomic mass is 32.1. The van der Waals surface area contributed by atoms with E-state index in [1.54, 1.807) is 49.2 Å². The van der Waals surface area contributed by atoms with E-state index in [0.29, 0.717) is 0 Å². The molecule has 0 aliphatic rings. The van der Waals surface area contributed by atoms with Crippen LogP contribution in [0, 0.1) is 13.8 Å². The van der Waals surface area contributed by atoms with Gasteiger partial charge in [-0.1, -0.05) is 22.7 Å². The number of hydrogen-bond acceptors (Lipinski definition) is 20.